The number of carboxylic acid groups (broad SMARTS) is 1. The number of benzene rings is 2. The molecular weight excluding hydrogens is 450 g/mol. The maximum atomic E-state index is 13.1. The second-order valence-corrected chi connectivity index (χ2v) is 8.38. The van der Waals surface area contributed by atoms with Crippen LogP contribution in [0.3, 0.4) is 0 Å². The Hall–Kier alpha value is -3.53. The number of ether oxygens (including phenoxy) is 1. The molecule has 8 nitrogen and oxygen atoms in total. The summed E-state index contributed by atoms with van der Waals surface area (Å²) in [6, 6.07) is 12.3. The molecule has 2 aliphatic rings. The number of aliphatic hydroxyl groups is 1. The molecule has 1 fully saturated rings. The number of amides is 2. The molecule has 34 heavy (non-hydrogen) atoms. The normalized spacial score (nSPS) is 20.1. The molecule has 1 aliphatic heterocycles. The number of hydrogen-bond donors (Lipinski definition) is 3. The second-order valence-electron chi connectivity index (χ2n) is 8.38. The number of aliphatic carboxylic acids is 1. The third-order valence-corrected chi connectivity index (χ3v) is 6.19. The predicted octanol–water partition coefficient (Wildman–Crippen LogP) is 2.60. The minimum Gasteiger partial charge on any atom is -0.480 e. The second kappa shape index (κ2) is 9.76. The van der Waals surface area contributed by atoms with Crippen LogP contribution in [0.25, 0.3) is 11.1 Å². The van der Waals surface area contributed by atoms with E-state index in [9.17, 15) is 33.4 Å². The van der Waals surface area contributed by atoms with Gasteiger partial charge in [0.1, 0.15) is 18.7 Å². The Bertz CT molecular complexity index is 1050. The minimum atomic E-state index is -2.93. The van der Waals surface area contributed by atoms with Crippen molar-refractivity contribution in [3.8, 4) is 11.1 Å². The van der Waals surface area contributed by atoms with Crippen LogP contribution in [0.4, 0.5) is 13.6 Å². The molecule has 2 aromatic carbocycles. The van der Waals surface area contributed by atoms with Gasteiger partial charge in [-0.3, -0.25) is 4.79 Å². The lowest BCUT2D eigenvalue weighted by atomic mass is 9.98. The first-order chi connectivity index (χ1) is 16.3. The first kappa shape index (κ1) is 23.6. The van der Waals surface area contributed by atoms with Gasteiger partial charge in [-0.2, -0.15) is 0 Å². The predicted molar refractivity (Wildman–Crippen MR) is 116 cm³/mol. The summed E-state index contributed by atoms with van der Waals surface area (Å²) in [7, 11) is 0. The molecule has 2 amide bonds. The van der Waals surface area contributed by atoms with Crippen molar-refractivity contribution in [3.05, 3.63) is 59.7 Å². The summed E-state index contributed by atoms with van der Waals surface area (Å²) in [6.07, 6.45) is -6.31. The first-order valence-corrected chi connectivity index (χ1v) is 10.9. The van der Waals surface area contributed by atoms with Crippen LogP contribution >= 0.6 is 0 Å². The molecule has 1 aliphatic carbocycles. The van der Waals surface area contributed by atoms with Crippen molar-refractivity contribution >= 4 is 18.0 Å². The Morgan fingerprint density at radius 3 is 2.21 bits per heavy atom. The quantitative estimate of drug-likeness (QED) is 0.568. The number of aliphatic hydroxyl groups excluding tert-OH is 1. The van der Waals surface area contributed by atoms with Crippen molar-refractivity contribution < 1.29 is 38.1 Å². The third kappa shape index (κ3) is 4.72. The highest BCUT2D eigenvalue weighted by atomic mass is 19.3. The molecule has 2 aromatic rings. The molecule has 4 rings (SSSR count). The number of β-amino-alcohol motifs (C(OH)–C–C–N with tert-alkyl or cyclic N) is 1. The van der Waals surface area contributed by atoms with Gasteiger partial charge >= 0.3 is 12.1 Å². The van der Waals surface area contributed by atoms with Gasteiger partial charge < -0.3 is 25.2 Å². The number of halogens is 2. The van der Waals surface area contributed by atoms with Crippen LogP contribution in [-0.4, -0.2) is 70.8 Å². The molecule has 180 valence electrons. The average molecular weight is 474 g/mol. The molecule has 2 unspecified atom stereocenters. The molecule has 1 saturated heterocycles. The summed E-state index contributed by atoms with van der Waals surface area (Å²) in [5.41, 5.74) is 3.97. The molecule has 0 saturated carbocycles. The van der Waals surface area contributed by atoms with Crippen LogP contribution in [0, 0.1) is 0 Å². The Morgan fingerprint density at radius 2 is 1.65 bits per heavy atom. The largest absolute Gasteiger partial charge is 0.480 e. The summed E-state index contributed by atoms with van der Waals surface area (Å²) >= 11 is 0. The van der Waals surface area contributed by atoms with Gasteiger partial charge in [-0.15, -0.1) is 0 Å². The number of fused-ring (bicyclic) bond motifs is 3. The van der Waals surface area contributed by atoms with E-state index < -0.39 is 49.0 Å². The number of carbonyl (C=O) groups excluding carboxylic acids is 2. The van der Waals surface area contributed by atoms with Gasteiger partial charge in [-0.25, -0.2) is 18.4 Å². The van der Waals surface area contributed by atoms with Gasteiger partial charge in [0.05, 0.1) is 6.10 Å². The zero-order valence-corrected chi connectivity index (χ0v) is 18.1. The topological polar surface area (TPSA) is 116 Å². The van der Waals surface area contributed by atoms with Crippen LogP contribution in [0.2, 0.25) is 0 Å². The Balaban J connectivity index is 1.45. The Morgan fingerprint density at radius 1 is 1.06 bits per heavy atom. The fourth-order valence-electron chi connectivity index (χ4n) is 4.67. The number of nitrogens with zero attached hydrogens (tertiary/aromatic N) is 1. The number of nitrogens with one attached hydrogen (secondary N) is 1. The molecule has 0 spiro atoms. The Labute approximate surface area is 194 Å². The van der Waals surface area contributed by atoms with E-state index >= 15 is 0 Å². The van der Waals surface area contributed by atoms with Crippen molar-refractivity contribution in [1.29, 1.82) is 0 Å². The van der Waals surface area contributed by atoms with Gasteiger partial charge in [0.15, 0.2) is 0 Å². The van der Waals surface area contributed by atoms with E-state index in [4.69, 9.17) is 4.74 Å². The zero-order chi connectivity index (χ0) is 24.4. The third-order valence-electron chi connectivity index (χ3n) is 6.19. The van der Waals surface area contributed by atoms with Gasteiger partial charge in [0.2, 0.25) is 12.3 Å². The number of carboxylic acids is 1. The summed E-state index contributed by atoms with van der Waals surface area (Å²) in [6.45, 7) is -0.391. The van der Waals surface area contributed by atoms with E-state index in [1.54, 1.807) is 0 Å². The lowest BCUT2D eigenvalue weighted by Crippen LogP contribution is -2.52. The van der Waals surface area contributed by atoms with E-state index in [-0.39, 0.29) is 25.5 Å². The van der Waals surface area contributed by atoms with E-state index in [2.05, 4.69) is 5.32 Å². The van der Waals surface area contributed by atoms with E-state index in [1.165, 1.54) is 0 Å². The number of hydrogen-bond acceptors (Lipinski definition) is 5. The van der Waals surface area contributed by atoms with Crippen LogP contribution in [0.5, 0.6) is 0 Å². The number of alkyl halides is 2. The van der Waals surface area contributed by atoms with Crippen molar-refractivity contribution in [1.82, 2.24) is 10.2 Å². The highest BCUT2D eigenvalue weighted by molar-refractivity contribution is 5.90. The van der Waals surface area contributed by atoms with Crippen molar-refractivity contribution in [2.45, 2.75) is 43.4 Å². The van der Waals surface area contributed by atoms with Crippen LogP contribution in [-0.2, 0) is 14.3 Å². The molecule has 0 aromatic heterocycles. The summed E-state index contributed by atoms with van der Waals surface area (Å²) in [4.78, 5) is 37.5. The molecule has 3 atom stereocenters. The fraction of sp³-hybridized carbons (Fsp3) is 0.375. The SMILES string of the molecule is O=C(NC(CC(F)F)C(=O)N1CC(O)C[C@H]1C(=O)O)OCC1c2ccccc2-c2ccccc21. The molecule has 0 bridgehead atoms. The smallest absolute Gasteiger partial charge is 0.407 e. The molecular formula is C24H24F2N2O6. The lowest BCUT2D eigenvalue weighted by molar-refractivity contribution is -0.149. The fourth-order valence-corrected chi connectivity index (χ4v) is 4.67. The number of carbonyl (C=O) groups is 3. The Kier molecular flexibility index (Phi) is 6.78. The maximum absolute atomic E-state index is 13.1. The molecule has 1 heterocycles. The van der Waals surface area contributed by atoms with Crippen LogP contribution in [0.15, 0.2) is 48.5 Å². The van der Waals surface area contributed by atoms with Crippen molar-refractivity contribution in [2.75, 3.05) is 13.2 Å². The lowest BCUT2D eigenvalue weighted by Gasteiger charge is -2.27. The van der Waals surface area contributed by atoms with E-state index in [0.29, 0.717) is 0 Å². The van der Waals surface area contributed by atoms with Crippen molar-refractivity contribution in [2.24, 2.45) is 0 Å². The monoisotopic (exact) mass is 474 g/mol. The number of rotatable bonds is 7. The summed E-state index contributed by atoms with van der Waals surface area (Å²) in [5, 5.41) is 21.2. The number of likely N-dealkylation sites (tertiary alicyclic amines) is 1. The van der Waals surface area contributed by atoms with Gasteiger partial charge in [0, 0.05) is 25.3 Å². The van der Waals surface area contributed by atoms with E-state index in [0.717, 1.165) is 27.2 Å². The van der Waals surface area contributed by atoms with Gasteiger partial charge in [0.25, 0.3) is 0 Å². The number of alkyl carbamates (subject to hydrolysis) is 1. The first-order valence-electron chi connectivity index (χ1n) is 10.9. The summed E-state index contributed by atoms with van der Waals surface area (Å²) in [5.74, 6) is -2.62. The molecule has 0 radical (unpaired) electrons. The standard InChI is InChI=1S/C24H24F2N2O6/c25-21(26)10-19(22(30)28-11-13(29)9-20(28)23(31)32)27-24(33)34-12-18-16-7-3-1-5-14(16)15-6-2-4-8-17(15)18/h1-8,13,18-21,29H,9-12H2,(H,27,33)(H,31,32)/t13?,19?,20-/m0/s1. The zero-order valence-electron chi connectivity index (χ0n) is 18.1. The summed E-state index contributed by atoms with van der Waals surface area (Å²) < 4.78 is 31.6. The highest BCUT2D eigenvalue weighted by Gasteiger charge is 2.42. The maximum Gasteiger partial charge on any atom is 0.407 e. The van der Waals surface area contributed by atoms with Crippen molar-refractivity contribution in [3.63, 3.8) is 0 Å². The average Bonchev–Trinajstić information content (AvgIpc) is 3.35. The molecule has 3 N–H and O–H groups in total. The van der Waals surface area contributed by atoms with Crippen LogP contribution < -0.4 is 5.32 Å². The van der Waals surface area contributed by atoms with Gasteiger partial charge in [-0.1, -0.05) is 48.5 Å². The minimum absolute atomic E-state index is 0.0738. The highest BCUT2D eigenvalue weighted by Crippen LogP contribution is 2.44. The van der Waals surface area contributed by atoms with E-state index in [1.807, 2.05) is 48.5 Å². The van der Waals surface area contributed by atoms with Crippen LogP contribution in [0.1, 0.15) is 29.9 Å². The van der Waals surface area contributed by atoms with Gasteiger partial charge in [-0.05, 0) is 22.3 Å². The molecule has 10 heteroatoms.